The standard InChI is InChI=1S/C42H37N3O/c1-25(2)38-30-17-8-6-15-28(30)29-16-7-9-18-31(29)39(38)45-37-22-11-10-21-36(37)43-41(45)34-20-12-19-32-33-23-24-35(44-42(33)46-40(32)34)26(3)27-13-4-5-14-27/h6-12,15-27H,4-5,13-14H2,1-3H3. The topological polar surface area (TPSA) is 43.9 Å². The van der Waals surface area contributed by atoms with Crippen molar-refractivity contribution in [1.82, 2.24) is 14.5 Å². The number of fused-ring (bicyclic) bond motifs is 7. The van der Waals surface area contributed by atoms with Crippen molar-refractivity contribution in [2.75, 3.05) is 0 Å². The van der Waals surface area contributed by atoms with Gasteiger partial charge in [0.15, 0.2) is 0 Å². The van der Waals surface area contributed by atoms with Crippen LogP contribution in [0, 0.1) is 5.92 Å². The molecule has 4 nitrogen and oxygen atoms in total. The van der Waals surface area contributed by atoms with Gasteiger partial charge in [0.1, 0.15) is 11.4 Å². The zero-order valence-electron chi connectivity index (χ0n) is 26.6. The van der Waals surface area contributed by atoms with Gasteiger partial charge in [0.2, 0.25) is 5.71 Å². The Balaban J connectivity index is 1.35. The largest absolute Gasteiger partial charge is 0.437 e. The van der Waals surface area contributed by atoms with Crippen LogP contribution in [-0.4, -0.2) is 14.5 Å². The van der Waals surface area contributed by atoms with E-state index >= 15 is 0 Å². The van der Waals surface area contributed by atoms with Gasteiger partial charge in [-0.1, -0.05) is 106 Å². The Hall–Kier alpha value is -4.96. The molecular weight excluding hydrogens is 562 g/mol. The molecule has 9 rings (SSSR count). The molecule has 4 heteroatoms. The minimum atomic E-state index is 0.282. The zero-order chi connectivity index (χ0) is 30.9. The minimum absolute atomic E-state index is 0.282. The van der Waals surface area contributed by atoms with E-state index < -0.39 is 0 Å². The molecule has 226 valence electrons. The molecule has 0 aliphatic heterocycles. The second-order valence-electron chi connectivity index (χ2n) is 13.5. The van der Waals surface area contributed by atoms with Gasteiger partial charge in [-0.25, -0.2) is 9.97 Å². The molecule has 1 aliphatic rings. The van der Waals surface area contributed by atoms with Crippen LogP contribution in [0.3, 0.4) is 0 Å². The van der Waals surface area contributed by atoms with E-state index in [1.807, 2.05) is 0 Å². The molecule has 1 atom stereocenters. The molecule has 5 aromatic carbocycles. The minimum Gasteiger partial charge on any atom is -0.437 e. The molecule has 8 aromatic rings. The number of nitrogens with zero attached hydrogens (tertiary/aromatic N) is 3. The van der Waals surface area contributed by atoms with Crippen LogP contribution in [0.1, 0.15) is 69.5 Å². The van der Waals surface area contributed by atoms with E-state index in [1.165, 1.54) is 58.5 Å². The quantitative estimate of drug-likeness (QED) is 0.185. The highest BCUT2D eigenvalue weighted by Crippen LogP contribution is 2.44. The number of aromatic nitrogens is 3. The van der Waals surface area contributed by atoms with Crippen LogP contribution in [-0.2, 0) is 0 Å². The Bertz CT molecular complexity index is 2440. The van der Waals surface area contributed by atoms with Gasteiger partial charge < -0.3 is 4.42 Å². The van der Waals surface area contributed by atoms with Crippen molar-refractivity contribution in [1.29, 1.82) is 0 Å². The van der Waals surface area contributed by atoms with Gasteiger partial charge in [-0.05, 0) is 76.7 Å². The summed E-state index contributed by atoms with van der Waals surface area (Å²) in [5, 5.41) is 7.16. The van der Waals surface area contributed by atoms with Crippen LogP contribution in [0.4, 0.5) is 0 Å². The summed E-state index contributed by atoms with van der Waals surface area (Å²) in [5.74, 6) is 2.30. The molecule has 1 unspecified atom stereocenters. The van der Waals surface area contributed by atoms with Crippen molar-refractivity contribution in [3.8, 4) is 17.1 Å². The van der Waals surface area contributed by atoms with Crippen molar-refractivity contribution in [2.45, 2.75) is 58.3 Å². The molecule has 0 N–H and O–H groups in total. The zero-order valence-corrected chi connectivity index (χ0v) is 26.6. The van der Waals surface area contributed by atoms with E-state index in [9.17, 15) is 0 Å². The molecule has 3 aromatic heterocycles. The van der Waals surface area contributed by atoms with Crippen LogP contribution in [0.5, 0.6) is 0 Å². The van der Waals surface area contributed by atoms with Crippen molar-refractivity contribution in [2.24, 2.45) is 5.92 Å². The smallest absolute Gasteiger partial charge is 0.227 e. The fourth-order valence-electron chi connectivity index (χ4n) is 8.23. The predicted octanol–water partition coefficient (Wildman–Crippen LogP) is 11.7. The average Bonchev–Trinajstić information content (AvgIpc) is 3.84. The molecule has 0 saturated heterocycles. The highest BCUT2D eigenvalue weighted by Gasteiger charge is 2.27. The Kier molecular flexibility index (Phi) is 6.28. The molecule has 0 spiro atoms. The number of rotatable bonds is 5. The first kappa shape index (κ1) is 27.4. The van der Waals surface area contributed by atoms with Gasteiger partial charge in [0.05, 0.1) is 22.3 Å². The maximum absolute atomic E-state index is 6.75. The summed E-state index contributed by atoms with van der Waals surface area (Å²) in [6, 6.07) is 37.0. The molecular formula is C42H37N3O. The third-order valence-electron chi connectivity index (χ3n) is 10.5. The maximum atomic E-state index is 6.75. The first-order valence-electron chi connectivity index (χ1n) is 16.8. The van der Waals surface area contributed by atoms with E-state index in [4.69, 9.17) is 14.4 Å². The molecule has 1 fully saturated rings. The lowest BCUT2D eigenvalue weighted by molar-refractivity contribution is 0.452. The summed E-state index contributed by atoms with van der Waals surface area (Å²) in [6.45, 7) is 6.93. The van der Waals surface area contributed by atoms with Gasteiger partial charge in [-0.15, -0.1) is 0 Å². The monoisotopic (exact) mass is 599 g/mol. The van der Waals surface area contributed by atoms with E-state index in [-0.39, 0.29) is 5.92 Å². The number of furan rings is 1. The van der Waals surface area contributed by atoms with Gasteiger partial charge in [-0.2, -0.15) is 0 Å². The average molecular weight is 600 g/mol. The summed E-state index contributed by atoms with van der Waals surface area (Å²) in [7, 11) is 0. The molecule has 46 heavy (non-hydrogen) atoms. The Labute approximate surface area is 268 Å². The van der Waals surface area contributed by atoms with Gasteiger partial charge >= 0.3 is 0 Å². The molecule has 0 amide bonds. The third-order valence-corrected chi connectivity index (χ3v) is 10.5. The van der Waals surface area contributed by atoms with E-state index in [1.54, 1.807) is 0 Å². The second-order valence-corrected chi connectivity index (χ2v) is 13.5. The lowest BCUT2D eigenvalue weighted by Gasteiger charge is -2.22. The summed E-state index contributed by atoms with van der Waals surface area (Å²) >= 11 is 0. The highest BCUT2D eigenvalue weighted by molar-refractivity contribution is 6.14. The Morgan fingerprint density at radius 1 is 0.652 bits per heavy atom. The lowest BCUT2D eigenvalue weighted by atomic mass is 9.89. The summed E-state index contributed by atoms with van der Waals surface area (Å²) < 4.78 is 9.14. The number of imidazole rings is 1. The van der Waals surface area contributed by atoms with E-state index in [0.29, 0.717) is 17.5 Å². The van der Waals surface area contributed by atoms with Crippen molar-refractivity contribution >= 4 is 54.6 Å². The fourth-order valence-corrected chi connectivity index (χ4v) is 8.23. The molecule has 0 radical (unpaired) electrons. The number of hydrogen-bond acceptors (Lipinski definition) is 3. The van der Waals surface area contributed by atoms with Crippen LogP contribution in [0.15, 0.2) is 108 Å². The van der Waals surface area contributed by atoms with Crippen molar-refractivity contribution in [3.05, 3.63) is 114 Å². The van der Waals surface area contributed by atoms with Crippen molar-refractivity contribution < 1.29 is 4.42 Å². The number of hydrogen-bond donors (Lipinski definition) is 0. The number of para-hydroxylation sites is 3. The Morgan fingerprint density at radius 3 is 2.11 bits per heavy atom. The van der Waals surface area contributed by atoms with Gasteiger partial charge in [-0.3, -0.25) is 4.57 Å². The first-order valence-corrected chi connectivity index (χ1v) is 16.8. The Morgan fingerprint density at radius 2 is 1.33 bits per heavy atom. The molecule has 1 aliphatic carbocycles. The predicted molar refractivity (Wildman–Crippen MR) is 191 cm³/mol. The lowest BCUT2D eigenvalue weighted by Crippen LogP contribution is -2.07. The summed E-state index contributed by atoms with van der Waals surface area (Å²) in [5.41, 5.74) is 8.21. The van der Waals surface area contributed by atoms with Crippen LogP contribution >= 0.6 is 0 Å². The maximum Gasteiger partial charge on any atom is 0.227 e. The fraction of sp³-hybridized carbons (Fsp3) is 0.238. The summed E-state index contributed by atoms with van der Waals surface area (Å²) in [6.07, 6.45) is 5.25. The van der Waals surface area contributed by atoms with E-state index in [2.05, 4.69) is 128 Å². The highest BCUT2D eigenvalue weighted by atomic mass is 16.3. The molecule has 3 heterocycles. The first-order chi connectivity index (χ1) is 22.6. The van der Waals surface area contributed by atoms with Gasteiger partial charge in [0.25, 0.3) is 0 Å². The normalized spacial score (nSPS) is 15.0. The number of pyridine rings is 1. The third kappa shape index (κ3) is 4.05. The van der Waals surface area contributed by atoms with Crippen LogP contribution in [0.25, 0.3) is 71.7 Å². The van der Waals surface area contributed by atoms with Crippen molar-refractivity contribution in [3.63, 3.8) is 0 Å². The number of benzene rings is 5. The molecule has 1 saturated carbocycles. The molecule has 0 bridgehead atoms. The second kappa shape index (κ2) is 10.6. The van der Waals surface area contributed by atoms with E-state index in [0.717, 1.165) is 44.5 Å². The summed E-state index contributed by atoms with van der Waals surface area (Å²) in [4.78, 5) is 10.5. The van der Waals surface area contributed by atoms with Crippen LogP contribution in [0.2, 0.25) is 0 Å². The van der Waals surface area contributed by atoms with Crippen LogP contribution < -0.4 is 0 Å². The van der Waals surface area contributed by atoms with Gasteiger partial charge in [0, 0.05) is 27.8 Å². The SMILES string of the molecule is CC(C)c1c(-n2c(-c3cccc4c3oc3nc(C(C)C5CCCC5)ccc34)nc3ccccc32)c2ccccc2c2ccccc12.